The number of pyridine rings is 1. The molecule has 0 aliphatic heterocycles. The first kappa shape index (κ1) is 17.5. The number of anilines is 2. The van der Waals surface area contributed by atoms with Crippen molar-refractivity contribution in [3.05, 3.63) is 48.2 Å². The van der Waals surface area contributed by atoms with Gasteiger partial charge in [0.25, 0.3) is 5.91 Å². The molecular formula is C18H21N3O3. The second-order valence-electron chi connectivity index (χ2n) is 5.24. The Morgan fingerprint density at radius 1 is 1.12 bits per heavy atom. The van der Waals surface area contributed by atoms with E-state index >= 15 is 0 Å². The zero-order chi connectivity index (χ0) is 17.4. The number of carbonyl (C=O) groups excluding carboxylic acids is 2. The Morgan fingerprint density at radius 3 is 2.58 bits per heavy atom. The molecule has 2 aromatic rings. The van der Waals surface area contributed by atoms with Crippen LogP contribution in [0, 0.1) is 0 Å². The second kappa shape index (κ2) is 8.67. The molecule has 0 unspecified atom stereocenters. The number of para-hydroxylation sites is 1. The van der Waals surface area contributed by atoms with Gasteiger partial charge in [-0.25, -0.2) is 4.98 Å². The van der Waals surface area contributed by atoms with Crippen LogP contribution in [0.2, 0.25) is 0 Å². The maximum absolute atomic E-state index is 12.3. The molecule has 2 rings (SSSR count). The summed E-state index contributed by atoms with van der Waals surface area (Å²) >= 11 is 0. The fourth-order valence-corrected chi connectivity index (χ4v) is 2.12. The summed E-state index contributed by atoms with van der Waals surface area (Å²) in [7, 11) is 1.51. The van der Waals surface area contributed by atoms with Crippen LogP contribution in [0.25, 0.3) is 0 Å². The van der Waals surface area contributed by atoms with Gasteiger partial charge in [0.15, 0.2) is 0 Å². The Kier molecular flexibility index (Phi) is 6.31. The Bertz CT molecular complexity index is 699. The molecule has 0 atom stereocenters. The van der Waals surface area contributed by atoms with Crippen molar-refractivity contribution in [1.82, 2.24) is 4.98 Å². The van der Waals surface area contributed by atoms with E-state index in [0.717, 1.165) is 12.8 Å². The van der Waals surface area contributed by atoms with Gasteiger partial charge in [0, 0.05) is 6.42 Å². The zero-order valence-electron chi connectivity index (χ0n) is 13.8. The molecule has 6 heteroatoms. The van der Waals surface area contributed by atoms with E-state index in [4.69, 9.17) is 4.74 Å². The van der Waals surface area contributed by atoms with Crippen LogP contribution in [0.5, 0.6) is 5.75 Å². The lowest BCUT2D eigenvalue weighted by molar-refractivity contribution is -0.116. The Morgan fingerprint density at radius 2 is 1.92 bits per heavy atom. The lowest BCUT2D eigenvalue weighted by Gasteiger charge is -2.09. The molecule has 0 aliphatic rings. The SMILES string of the molecule is CCCCC(=O)Nc1ccc(NC(=O)c2ccccc2OC)nc1. The number of ether oxygens (including phenoxy) is 1. The molecule has 0 bridgehead atoms. The maximum atomic E-state index is 12.3. The fourth-order valence-electron chi connectivity index (χ4n) is 2.12. The van der Waals surface area contributed by atoms with Gasteiger partial charge in [-0.15, -0.1) is 0 Å². The average molecular weight is 327 g/mol. The van der Waals surface area contributed by atoms with Gasteiger partial charge >= 0.3 is 0 Å². The van der Waals surface area contributed by atoms with E-state index in [1.54, 1.807) is 36.4 Å². The molecule has 24 heavy (non-hydrogen) atoms. The summed E-state index contributed by atoms with van der Waals surface area (Å²) in [5, 5.41) is 5.48. The van der Waals surface area contributed by atoms with Gasteiger partial charge < -0.3 is 15.4 Å². The third-order valence-corrected chi connectivity index (χ3v) is 3.40. The Hall–Kier alpha value is -2.89. The van der Waals surface area contributed by atoms with Crippen LogP contribution in [0.3, 0.4) is 0 Å². The quantitative estimate of drug-likeness (QED) is 0.816. The highest BCUT2D eigenvalue weighted by Gasteiger charge is 2.12. The minimum absolute atomic E-state index is 0.0375. The van der Waals surface area contributed by atoms with E-state index in [-0.39, 0.29) is 11.8 Å². The molecule has 2 N–H and O–H groups in total. The fraction of sp³-hybridized carbons (Fsp3) is 0.278. The molecule has 126 valence electrons. The van der Waals surface area contributed by atoms with Gasteiger partial charge in [-0.05, 0) is 30.7 Å². The van der Waals surface area contributed by atoms with Crippen molar-refractivity contribution in [2.75, 3.05) is 17.7 Å². The predicted molar refractivity (Wildman–Crippen MR) is 93.3 cm³/mol. The summed E-state index contributed by atoms with van der Waals surface area (Å²) in [5.74, 6) is 0.552. The minimum Gasteiger partial charge on any atom is -0.496 e. The summed E-state index contributed by atoms with van der Waals surface area (Å²) in [5.41, 5.74) is 1.03. The number of unbranched alkanes of at least 4 members (excludes halogenated alkanes) is 1. The highest BCUT2D eigenvalue weighted by atomic mass is 16.5. The van der Waals surface area contributed by atoms with Crippen LogP contribution in [0.15, 0.2) is 42.6 Å². The Labute approximate surface area is 141 Å². The summed E-state index contributed by atoms with van der Waals surface area (Å²) in [4.78, 5) is 28.1. The van der Waals surface area contributed by atoms with Crippen molar-refractivity contribution in [3.63, 3.8) is 0 Å². The van der Waals surface area contributed by atoms with Crippen molar-refractivity contribution in [1.29, 1.82) is 0 Å². The van der Waals surface area contributed by atoms with Gasteiger partial charge in [0.1, 0.15) is 11.6 Å². The molecule has 2 amide bonds. The summed E-state index contributed by atoms with van der Waals surface area (Å²) in [6.45, 7) is 2.04. The van der Waals surface area contributed by atoms with Gasteiger partial charge in [-0.2, -0.15) is 0 Å². The highest BCUT2D eigenvalue weighted by Crippen LogP contribution is 2.19. The van der Waals surface area contributed by atoms with Crippen LogP contribution in [0.1, 0.15) is 36.5 Å². The third-order valence-electron chi connectivity index (χ3n) is 3.40. The number of amides is 2. The molecule has 0 saturated heterocycles. The zero-order valence-corrected chi connectivity index (χ0v) is 13.8. The number of hydrogen-bond acceptors (Lipinski definition) is 4. The van der Waals surface area contributed by atoms with Crippen molar-refractivity contribution in [2.24, 2.45) is 0 Å². The highest BCUT2D eigenvalue weighted by molar-refractivity contribution is 6.05. The molecule has 0 spiro atoms. The molecule has 6 nitrogen and oxygen atoms in total. The maximum Gasteiger partial charge on any atom is 0.260 e. The molecule has 0 radical (unpaired) electrons. The summed E-state index contributed by atoms with van der Waals surface area (Å²) < 4.78 is 5.17. The molecular weight excluding hydrogens is 306 g/mol. The largest absolute Gasteiger partial charge is 0.496 e. The Balaban J connectivity index is 1.98. The monoisotopic (exact) mass is 327 g/mol. The number of hydrogen-bond donors (Lipinski definition) is 2. The molecule has 1 heterocycles. The standard InChI is InChI=1S/C18H21N3O3/c1-3-4-9-17(22)20-13-10-11-16(19-12-13)21-18(23)14-7-5-6-8-15(14)24-2/h5-8,10-12H,3-4,9H2,1-2H3,(H,20,22)(H,19,21,23). The molecule has 0 saturated carbocycles. The number of benzene rings is 1. The first-order chi connectivity index (χ1) is 11.6. The first-order valence-electron chi connectivity index (χ1n) is 7.84. The third kappa shape index (κ3) is 4.81. The van der Waals surface area contributed by atoms with Gasteiger partial charge in [0.2, 0.25) is 5.91 Å². The molecule has 1 aromatic heterocycles. The molecule has 0 fully saturated rings. The van der Waals surface area contributed by atoms with Crippen LogP contribution in [-0.4, -0.2) is 23.9 Å². The number of aromatic nitrogens is 1. The van der Waals surface area contributed by atoms with E-state index in [9.17, 15) is 9.59 Å². The average Bonchev–Trinajstić information content (AvgIpc) is 2.61. The predicted octanol–water partition coefficient (Wildman–Crippen LogP) is 3.47. The van der Waals surface area contributed by atoms with Crippen molar-refractivity contribution in [2.45, 2.75) is 26.2 Å². The van der Waals surface area contributed by atoms with Gasteiger partial charge in [0.05, 0.1) is 24.6 Å². The summed E-state index contributed by atoms with van der Waals surface area (Å²) in [6.07, 6.45) is 3.83. The molecule has 0 aliphatic carbocycles. The lowest BCUT2D eigenvalue weighted by Crippen LogP contribution is -2.15. The van der Waals surface area contributed by atoms with E-state index in [1.807, 2.05) is 6.92 Å². The van der Waals surface area contributed by atoms with E-state index in [0.29, 0.717) is 29.2 Å². The smallest absolute Gasteiger partial charge is 0.260 e. The number of carbonyl (C=O) groups is 2. The van der Waals surface area contributed by atoms with Crippen LogP contribution in [-0.2, 0) is 4.79 Å². The number of nitrogens with one attached hydrogen (secondary N) is 2. The van der Waals surface area contributed by atoms with Crippen LogP contribution < -0.4 is 15.4 Å². The number of methoxy groups -OCH3 is 1. The normalized spacial score (nSPS) is 10.1. The van der Waals surface area contributed by atoms with Gasteiger partial charge in [-0.1, -0.05) is 25.5 Å². The lowest BCUT2D eigenvalue weighted by atomic mass is 10.2. The summed E-state index contributed by atoms with van der Waals surface area (Å²) in [6, 6.07) is 10.3. The molecule has 1 aromatic carbocycles. The first-order valence-corrected chi connectivity index (χ1v) is 7.84. The van der Waals surface area contributed by atoms with E-state index < -0.39 is 0 Å². The van der Waals surface area contributed by atoms with Crippen LogP contribution >= 0.6 is 0 Å². The van der Waals surface area contributed by atoms with Gasteiger partial charge in [-0.3, -0.25) is 9.59 Å². The van der Waals surface area contributed by atoms with E-state index in [2.05, 4.69) is 15.6 Å². The van der Waals surface area contributed by atoms with Crippen molar-refractivity contribution < 1.29 is 14.3 Å². The van der Waals surface area contributed by atoms with Crippen LogP contribution in [0.4, 0.5) is 11.5 Å². The van der Waals surface area contributed by atoms with Crippen molar-refractivity contribution in [3.8, 4) is 5.75 Å². The minimum atomic E-state index is -0.306. The number of rotatable bonds is 7. The second-order valence-corrected chi connectivity index (χ2v) is 5.24. The van der Waals surface area contributed by atoms with E-state index in [1.165, 1.54) is 13.3 Å². The number of nitrogens with zero attached hydrogens (tertiary/aromatic N) is 1. The van der Waals surface area contributed by atoms with Crippen molar-refractivity contribution >= 4 is 23.3 Å². The topological polar surface area (TPSA) is 80.3 Å².